The zero-order valence-electron chi connectivity index (χ0n) is 10.5. The van der Waals surface area contributed by atoms with Gasteiger partial charge >= 0.3 is 0 Å². The number of aromatic nitrogens is 1. The summed E-state index contributed by atoms with van der Waals surface area (Å²) in [5, 5.41) is 3.20. The lowest BCUT2D eigenvalue weighted by Gasteiger charge is -2.06. The molecule has 0 aliphatic carbocycles. The molecule has 1 N–H and O–H groups in total. The van der Waals surface area contributed by atoms with E-state index >= 15 is 0 Å². The van der Waals surface area contributed by atoms with E-state index in [1.54, 1.807) is 12.1 Å². The van der Waals surface area contributed by atoms with Gasteiger partial charge in [0, 0.05) is 24.2 Å². The molecule has 0 bridgehead atoms. The Balaban J connectivity index is 2.51. The van der Waals surface area contributed by atoms with Gasteiger partial charge in [-0.05, 0) is 31.4 Å². The molecule has 0 aromatic carbocycles. The van der Waals surface area contributed by atoms with Crippen LogP contribution in [0.5, 0.6) is 0 Å². The van der Waals surface area contributed by atoms with Gasteiger partial charge in [0.05, 0.1) is 0 Å². The Bertz CT molecular complexity index is 452. The lowest BCUT2D eigenvalue weighted by atomic mass is 10.2. The fraction of sp³-hybridized carbons (Fsp3) is 0.429. The van der Waals surface area contributed by atoms with Crippen molar-refractivity contribution in [3.05, 3.63) is 28.5 Å². The van der Waals surface area contributed by atoms with E-state index in [1.807, 2.05) is 6.92 Å². The van der Waals surface area contributed by atoms with E-state index in [-0.39, 0.29) is 5.91 Å². The number of terminal acetylenes is 1. The largest absolute Gasteiger partial charge is 0.352 e. The van der Waals surface area contributed by atoms with Gasteiger partial charge in [-0.1, -0.05) is 18.5 Å². The summed E-state index contributed by atoms with van der Waals surface area (Å²) in [6, 6.07) is 3.35. The maximum atomic E-state index is 11.9. The summed E-state index contributed by atoms with van der Waals surface area (Å²) in [5.41, 5.74) is 1.38. The third-order valence-corrected chi connectivity index (χ3v) is 2.70. The van der Waals surface area contributed by atoms with E-state index in [0.717, 1.165) is 31.4 Å². The standard InChI is InChI=1S/C14H17ClN2O/c1-3-5-6-7-8-16-14(18)11-9-12(4-2)17-13(15)10-11/h1,9-10H,4-8H2,2H3,(H,16,18). The van der Waals surface area contributed by atoms with Gasteiger partial charge in [0.2, 0.25) is 0 Å². The molecule has 0 radical (unpaired) electrons. The molecule has 1 heterocycles. The molecular formula is C14H17ClN2O. The molecule has 4 heteroatoms. The molecule has 18 heavy (non-hydrogen) atoms. The van der Waals surface area contributed by atoms with Crippen molar-refractivity contribution in [1.29, 1.82) is 0 Å². The number of unbranched alkanes of at least 4 members (excludes halogenated alkanes) is 2. The third-order valence-electron chi connectivity index (χ3n) is 2.51. The summed E-state index contributed by atoms with van der Waals surface area (Å²) >= 11 is 5.86. The van der Waals surface area contributed by atoms with Crippen LogP contribution in [0.3, 0.4) is 0 Å². The van der Waals surface area contributed by atoms with E-state index in [9.17, 15) is 4.79 Å². The highest BCUT2D eigenvalue weighted by molar-refractivity contribution is 6.29. The smallest absolute Gasteiger partial charge is 0.251 e. The van der Waals surface area contributed by atoms with Gasteiger partial charge in [-0.3, -0.25) is 4.79 Å². The lowest BCUT2D eigenvalue weighted by Crippen LogP contribution is -2.24. The number of rotatable bonds is 6. The van der Waals surface area contributed by atoms with Crippen molar-refractivity contribution in [2.75, 3.05) is 6.54 Å². The second kappa shape index (κ2) is 7.73. The third kappa shape index (κ3) is 4.77. The summed E-state index contributed by atoms with van der Waals surface area (Å²) in [5.74, 6) is 2.46. The molecule has 3 nitrogen and oxygen atoms in total. The van der Waals surface area contributed by atoms with E-state index < -0.39 is 0 Å². The first kappa shape index (κ1) is 14.5. The minimum absolute atomic E-state index is 0.116. The van der Waals surface area contributed by atoms with Crippen LogP contribution in [0.2, 0.25) is 5.15 Å². The molecule has 1 amide bonds. The Kier molecular flexibility index (Phi) is 6.24. The number of hydrogen-bond acceptors (Lipinski definition) is 2. The number of hydrogen-bond donors (Lipinski definition) is 1. The van der Waals surface area contributed by atoms with Crippen molar-refractivity contribution < 1.29 is 4.79 Å². The Morgan fingerprint density at radius 2 is 2.28 bits per heavy atom. The maximum absolute atomic E-state index is 11.9. The van der Waals surface area contributed by atoms with Crippen molar-refractivity contribution in [2.45, 2.75) is 32.6 Å². The van der Waals surface area contributed by atoms with Crippen molar-refractivity contribution in [1.82, 2.24) is 10.3 Å². The first-order valence-electron chi connectivity index (χ1n) is 6.05. The average Bonchev–Trinajstić information content (AvgIpc) is 2.37. The second-order valence-corrected chi connectivity index (χ2v) is 4.33. The number of pyridine rings is 1. The van der Waals surface area contributed by atoms with Crippen LogP contribution in [-0.4, -0.2) is 17.4 Å². The molecule has 0 fully saturated rings. The molecule has 0 atom stereocenters. The second-order valence-electron chi connectivity index (χ2n) is 3.94. The minimum Gasteiger partial charge on any atom is -0.352 e. The van der Waals surface area contributed by atoms with Crippen molar-refractivity contribution >= 4 is 17.5 Å². The molecule has 1 aromatic heterocycles. The molecule has 0 aliphatic heterocycles. The summed E-state index contributed by atoms with van der Waals surface area (Å²) in [7, 11) is 0. The number of amides is 1. The van der Waals surface area contributed by atoms with E-state index in [2.05, 4.69) is 16.2 Å². The Morgan fingerprint density at radius 3 is 2.94 bits per heavy atom. The first-order chi connectivity index (χ1) is 8.67. The lowest BCUT2D eigenvalue weighted by molar-refractivity contribution is 0.0953. The van der Waals surface area contributed by atoms with Crippen molar-refractivity contribution in [3.63, 3.8) is 0 Å². The van der Waals surface area contributed by atoms with E-state index in [1.165, 1.54) is 0 Å². The van der Waals surface area contributed by atoms with Crippen molar-refractivity contribution in [2.24, 2.45) is 0 Å². The molecule has 0 saturated carbocycles. The Morgan fingerprint density at radius 1 is 1.50 bits per heavy atom. The van der Waals surface area contributed by atoms with Crippen LogP contribution in [0.4, 0.5) is 0 Å². The fourth-order valence-corrected chi connectivity index (χ4v) is 1.75. The highest BCUT2D eigenvalue weighted by Crippen LogP contribution is 2.11. The van der Waals surface area contributed by atoms with Gasteiger partial charge in [-0.25, -0.2) is 4.98 Å². The van der Waals surface area contributed by atoms with Gasteiger partial charge in [0.1, 0.15) is 5.15 Å². The van der Waals surface area contributed by atoms with Gasteiger partial charge in [-0.15, -0.1) is 12.3 Å². The van der Waals surface area contributed by atoms with E-state index in [4.69, 9.17) is 18.0 Å². The van der Waals surface area contributed by atoms with Gasteiger partial charge < -0.3 is 5.32 Å². The van der Waals surface area contributed by atoms with Crippen LogP contribution in [0.15, 0.2) is 12.1 Å². The Labute approximate surface area is 113 Å². The monoisotopic (exact) mass is 264 g/mol. The predicted octanol–water partition coefficient (Wildman–Crippen LogP) is 2.83. The number of nitrogens with zero attached hydrogens (tertiary/aromatic N) is 1. The highest BCUT2D eigenvalue weighted by atomic mass is 35.5. The van der Waals surface area contributed by atoms with Crippen molar-refractivity contribution in [3.8, 4) is 12.3 Å². The van der Waals surface area contributed by atoms with Crippen LogP contribution in [-0.2, 0) is 6.42 Å². The SMILES string of the molecule is C#CCCCCNC(=O)c1cc(Cl)nc(CC)c1. The molecule has 1 aromatic rings. The summed E-state index contributed by atoms with van der Waals surface area (Å²) in [6.07, 6.45) is 8.46. The number of carbonyl (C=O) groups is 1. The van der Waals surface area contributed by atoms with Crippen LogP contribution in [0, 0.1) is 12.3 Å². The van der Waals surface area contributed by atoms with Crippen LogP contribution < -0.4 is 5.32 Å². The molecule has 0 unspecified atom stereocenters. The van der Waals surface area contributed by atoms with Crippen LogP contribution >= 0.6 is 11.6 Å². The number of carbonyl (C=O) groups excluding carboxylic acids is 1. The molecular weight excluding hydrogens is 248 g/mol. The molecule has 0 spiro atoms. The molecule has 0 saturated heterocycles. The minimum atomic E-state index is -0.116. The summed E-state index contributed by atoms with van der Waals surface area (Å²) in [6.45, 7) is 2.60. The summed E-state index contributed by atoms with van der Waals surface area (Å²) < 4.78 is 0. The zero-order chi connectivity index (χ0) is 13.4. The van der Waals surface area contributed by atoms with Gasteiger partial charge in [0.25, 0.3) is 5.91 Å². The highest BCUT2D eigenvalue weighted by Gasteiger charge is 2.07. The fourth-order valence-electron chi connectivity index (χ4n) is 1.52. The normalized spacial score (nSPS) is 9.83. The maximum Gasteiger partial charge on any atom is 0.251 e. The van der Waals surface area contributed by atoms with Gasteiger partial charge in [0.15, 0.2) is 0 Å². The van der Waals surface area contributed by atoms with Crippen LogP contribution in [0.1, 0.15) is 42.2 Å². The van der Waals surface area contributed by atoms with Crippen LogP contribution in [0.25, 0.3) is 0 Å². The number of aryl methyl sites for hydroxylation is 1. The topological polar surface area (TPSA) is 42.0 Å². The quantitative estimate of drug-likeness (QED) is 0.488. The Hall–Kier alpha value is -1.53. The van der Waals surface area contributed by atoms with E-state index in [0.29, 0.717) is 17.3 Å². The predicted molar refractivity (Wildman–Crippen MR) is 73.6 cm³/mol. The first-order valence-corrected chi connectivity index (χ1v) is 6.43. The summed E-state index contributed by atoms with van der Waals surface area (Å²) in [4.78, 5) is 16.0. The molecule has 96 valence electrons. The molecule has 1 rings (SSSR count). The van der Waals surface area contributed by atoms with Gasteiger partial charge in [-0.2, -0.15) is 0 Å². The average molecular weight is 265 g/mol. The zero-order valence-corrected chi connectivity index (χ0v) is 11.3. The number of nitrogens with one attached hydrogen (secondary N) is 1. The number of halogens is 1. The molecule has 0 aliphatic rings.